The predicted octanol–water partition coefficient (Wildman–Crippen LogP) is 1.21. The second-order valence-electron chi connectivity index (χ2n) is 4.93. The number of rotatable bonds is 6. The maximum absolute atomic E-state index is 13.0. The molecular formula is C15H21FN2O2. The standard InChI is InChI=1S/C15H21FN2O2/c16-14-3-1-2-13(12-14)4-5-15(19)17-6-7-18-8-10-20-11-9-18/h1-3,12H,4-11H2,(H,17,19). The molecule has 0 unspecified atom stereocenters. The molecule has 1 amide bonds. The van der Waals surface area contributed by atoms with E-state index in [2.05, 4.69) is 10.2 Å². The summed E-state index contributed by atoms with van der Waals surface area (Å²) in [6.07, 6.45) is 0.966. The molecule has 1 heterocycles. The SMILES string of the molecule is O=C(CCc1cccc(F)c1)NCCN1CCOCC1. The zero-order valence-electron chi connectivity index (χ0n) is 11.6. The number of nitrogens with zero attached hydrogens (tertiary/aromatic N) is 1. The van der Waals surface area contributed by atoms with E-state index in [0.29, 0.717) is 19.4 Å². The van der Waals surface area contributed by atoms with Crippen molar-refractivity contribution in [3.05, 3.63) is 35.6 Å². The van der Waals surface area contributed by atoms with Crippen molar-refractivity contribution in [2.45, 2.75) is 12.8 Å². The van der Waals surface area contributed by atoms with Gasteiger partial charge in [0.2, 0.25) is 5.91 Å². The lowest BCUT2D eigenvalue weighted by molar-refractivity contribution is -0.121. The van der Waals surface area contributed by atoms with Gasteiger partial charge in [-0.2, -0.15) is 0 Å². The average molecular weight is 280 g/mol. The molecule has 0 bridgehead atoms. The molecule has 1 fully saturated rings. The number of hydrogen-bond donors (Lipinski definition) is 1. The van der Waals surface area contributed by atoms with Crippen LogP contribution in [0.4, 0.5) is 4.39 Å². The summed E-state index contributed by atoms with van der Waals surface area (Å²) < 4.78 is 18.2. The van der Waals surface area contributed by atoms with Gasteiger partial charge in [-0.05, 0) is 24.1 Å². The van der Waals surface area contributed by atoms with Gasteiger partial charge in [-0.1, -0.05) is 12.1 Å². The quantitative estimate of drug-likeness (QED) is 0.851. The summed E-state index contributed by atoms with van der Waals surface area (Å²) in [5.41, 5.74) is 0.855. The number of halogens is 1. The molecule has 1 aromatic rings. The Bertz CT molecular complexity index is 434. The molecule has 1 aliphatic heterocycles. The molecule has 4 nitrogen and oxygen atoms in total. The van der Waals surface area contributed by atoms with Crippen LogP contribution in [0.5, 0.6) is 0 Å². The fraction of sp³-hybridized carbons (Fsp3) is 0.533. The van der Waals surface area contributed by atoms with Crippen molar-refractivity contribution in [3.63, 3.8) is 0 Å². The molecule has 1 aliphatic rings. The van der Waals surface area contributed by atoms with Gasteiger partial charge in [-0.25, -0.2) is 4.39 Å². The lowest BCUT2D eigenvalue weighted by atomic mass is 10.1. The smallest absolute Gasteiger partial charge is 0.220 e. The van der Waals surface area contributed by atoms with E-state index < -0.39 is 0 Å². The molecule has 20 heavy (non-hydrogen) atoms. The molecule has 0 aliphatic carbocycles. The van der Waals surface area contributed by atoms with E-state index >= 15 is 0 Å². The monoisotopic (exact) mass is 280 g/mol. The van der Waals surface area contributed by atoms with Crippen LogP contribution >= 0.6 is 0 Å². The molecule has 1 saturated heterocycles. The molecule has 0 saturated carbocycles. The number of morpholine rings is 1. The average Bonchev–Trinajstić information content (AvgIpc) is 2.46. The molecule has 2 rings (SSSR count). The van der Waals surface area contributed by atoms with E-state index in [-0.39, 0.29) is 11.7 Å². The number of nitrogens with one attached hydrogen (secondary N) is 1. The number of benzene rings is 1. The minimum atomic E-state index is -0.254. The number of amides is 1. The van der Waals surface area contributed by atoms with Gasteiger partial charge in [0.15, 0.2) is 0 Å². The molecule has 1 aromatic carbocycles. The van der Waals surface area contributed by atoms with Crippen LogP contribution in [0, 0.1) is 5.82 Å². The van der Waals surface area contributed by atoms with Crippen molar-refractivity contribution in [1.82, 2.24) is 10.2 Å². The van der Waals surface area contributed by atoms with Gasteiger partial charge in [0, 0.05) is 32.6 Å². The van der Waals surface area contributed by atoms with Crippen LogP contribution in [-0.2, 0) is 16.0 Å². The van der Waals surface area contributed by atoms with Crippen LogP contribution in [0.15, 0.2) is 24.3 Å². The Morgan fingerprint density at radius 1 is 1.35 bits per heavy atom. The van der Waals surface area contributed by atoms with Crippen LogP contribution < -0.4 is 5.32 Å². The van der Waals surface area contributed by atoms with Gasteiger partial charge in [-0.15, -0.1) is 0 Å². The van der Waals surface area contributed by atoms with Gasteiger partial charge >= 0.3 is 0 Å². The highest BCUT2D eigenvalue weighted by Gasteiger charge is 2.10. The number of carbonyl (C=O) groups is 1. The summed E-state index contributed by atoms with van der Waals surface area (Å²) in [6.45, 7) is 4.91. The van der Waals surface area contributed by atoms with Gasteiger partial charge in [-0.3, -0.25) is 9.69 Å². The highest BCUT2D eigenvalue weighted by Crippen LogP contribution is 2.06. The summed E-state index contributed by atoms with van der Waals surface area (Å²) in [5.74, 6) is -0.238. The van der Waals surface area contributed by atoms with Crippen molar-refractivity contribution in [2.24, 2.45) is 0 Å². The summed E-state index contributed by atoms with van der Waals surface area (Å²) in [6, 6.07) is 6.39. The minimum absolute atomic E-state index is 0.0162. The summed E-state index contributed by atoms with van der Waals surface area (Å²) in [5, 5.41) is 2.90. The van der Waals surface area contributed by atoms with E-state index in [9.17, 15) is 9.18 Å². The molecule has 1 N–H and O–H groups in total. The maximum atomic E-state index is 13.0. The molecule has 0 atom stereocenters. The molecule has 5 heteroatoms. The van der Waals surface area contributed by atoms with Gasteiger partial charge in [0.25, 0.3) is 0 Å². The van der Waals surface area contributed by atoms with Crippen LogP contribution in [0.2, 0.25) is 0 Å². The first kappa shape index (κ1) is 14.9. The number of carbonyl (C=O) groups excluding carboxylic acids is 1. The molecule has 110 valence electrons. The Morgan fingerprint density at radius 2 is 2.15 bits per heavy atom. The zero-order chi connectivity index (χ0) is 14.2. The van der Waals surface area contributed by atoms with E-state index in [0.717, 1.165) is 38.4 Å². The summed E-state index contributed by atoms with van der Waals surface area (Å²) in [7, 11) is 0. The van der Waals surface area contributed by atoms with Gasteiger partial charge in [0.05, 0.1) is 13.2 Å². The third-order valence-corrected chi connectivity index (χ3v) is 3.38. The fourth-order valence-electron chi connectivity index (χ4n) is 2.22. The van der Waals surface area contributed by atoms with Crippen molar-refractivity contribution >= 4 is 5.91 Å². The Morgan fingerprint density at radius 3 is 2.90 bits per heavy atom. The predicted molar refractivity (Wildman–Crippen MR) is 75.0 cm³/mol. The molecule has 0 spiro atoms. The Hall–Kier alpha value is -1.46. The Kier molecular flexibility index (Phi) is 5.95. The van der Waals surface area contributed by atoms with Gasteiger partial charge in [0.1, 0.15) is 5.82 Å². The highest BCUT2D eigenvalue weighted by molar-refractivity contribution is 5.76. The fourth-order valence-corrected chi connectivity index (χ4v) is 2.22. The van der Waals surface area contributed by atoms with E-state index in [4.69, 9.17) is 4.74 Å². The summed E-state index contributed by atoms with van der Waals surface area (Å²) >= 11 is 0. The first-order chi connectivity index (χ1) is 9.74. The van der Waals surface area contributed by atoms with Crippen LogP contribution in [0.3, 0.4) is 0 Å². The molecular weight excluding hydrogens is 259 g/mol. The maximum Gasteiger partial charge on any atom is 0.220 e. The third kappa shape index (κ3) is 5.27. The topological polar surface area (TPSA) is 41.6 Å². The normalized spacial score (nSPS) is 16.1. The Labute approximate surface area is 118 Å². The lowest BCUT2D eigenvalue weighted by Crippen LogP contribution is -2.41. The first-order valence-corrected chi connectivity index (χ1v) is 7.05. The van der Waals surface area contributed by atoms with Crippen molar-refractivity contribution in [1.29, 1.82) is 0 Å². The zero-order valence-corrected chi connectivity index (χ0v) is 11.6. The van der Waals surface area contributed by atoms with E-state index in [1.165, 1.54) is 12.1 Å². The number of hydrogen-bond acceptors (Lipinski definition) is 3. The van der Waals surface area contributed by atoms with Crippen LogP contribution in [-0.4, -0.2) is 50.2 Å². The van der Waals surface area contributed by atoms with Crippen molar-refractivity contribution < 1.29 is 13.9 Å². The van der Waals surface area contributed by atoms with Crippen LogP contribution in [0.25, 0.3) is 0 Å². The summed E-state index contributed by atoms with van der Waals surface area (Å²) in [4.78, 5) is 14.0. The largest absolute Gasteiger partial charge is 0.379 e. The third-order valence-electron chi connectivity index (χ3n) is 3.38. The first-order valence-electron chi connectivity index (χ1n) is 7.05. The number of ether oxygens (including phenoxy) is 1. The highest BCUT2D eigenvalue weighted by atomic mass is 19.1. The van der Waals surface area contributed by atoms with E-state index in [1.807, 2.05) is 6.07 Å². The van der Waals surface area contributed by atoms with E-state index in [1.54, 1.807) is 6.07 Å². The van der Waals surface area contributed by atoms with Crippen molar-refractivity contribution in [2.75, 3.05) is 39.4 Å². The minimum Gasteiger partial charge on any atom is -0.379 e. The lowest BCUT2D eigenvalue weighted by Gasteiger charge is -2.26. The second kappa shape index (κ2) is 7.97. The van der Waals surface area contributed by atoms with Crippen molar-refractivity contribution in [3.8, 4) is 0 Å². The Balaban J connectivity index is 1.60. The van der Waals surface area contributed by atoms with Gasteiger partial charge < -0.3 is 10.1 Å². The molecule has 0 radical (unpaired) electrons. The van der Waals surface area contributed by atoms with Crippen LogP contribution in [0.1, 0.15) is 12.0 Å². The second-order valence-corrected chi connectivity index (χ2v) is 4.93. The molecule has 0 aromatic heterocycles. The number of aryl methyl sites for hydroxylation is 1.